The second-order valence-corrected chi connectivity index (χ2v) is 15.3. The van der Waals surface area contributed by atoms with Crippen molar-refractivity contribution in [1.82, 2.24) is 10.6 Å². The van der Waals surface area contributed by atoms with Gasteiger partial charge < -0.3 is 15.4 Å². The van der Waals surface area contributed by atoms with Crippen LogP contribution < -0.4 is 15.4 Å². The first-order chi connectivity index (χ1) is 22.0. The number of carbonyl (C=O) groups is 1. The monoisotopic (exact) mass is 646 g/mol. The molecule has 1 aromatic carbocycles. The molecule has 1 saturated carbocycles. The predicted molar refractivity (Wildman–Crippen MR) is 195 cm³/mol. The molecule has 1 aromatic rings. The summed E-state index contributed by atoms with van der Waals surface area (Å²) in [5.41, 5.74) is 6.04. The van der Waals surface area contributed by atoms with E-state index in [9.17, 15) is 4.79 Å². The summed E-state index contributed by atoms with van der Waals surface area (Å²) < 4.78 is 5.34. The zero-order valence-electron chi connectivity index (χ0n) is 29.2. The Morgan fingerprint density at radius 1 is 1.09 bits per heavy atom. The largest absolute Gasteiger partial charge is 0.495 e. The summed E-state index contributed by atoms with van der Waals surface area (Å²) in [4.78, 5) is 13.6. The Balaban J connectivity index is 1.53. The van der Waals surface area contributed by atoms with E-state index < -0.39 is 6.04 Å². The zero-order valence-corrected chi connectivity index (χ0v) is 29.9. The van der Waals surface area contributed by atoms with Crippen LogP contribution in [0.25, 0.3) is 0 Å². The minimum atomic E-state index is -0.447. The molecule has 2 N–H and O–H groups in total. The van der Waals surface area contributed by atoms with Crippen LogP contribution in [0.5, 0.6) is 5.75 Å². The lowest BCUT2D eigenvalue weighted by Crippen LogP contribution is -2.46. The molecule has 4 rings (SSSR count). The van der Waals surface area contributed by atoms with Gasteiger partial charge >= 0.3 is 0 Å². The molecule has 3 aliphatic rings. The molecule has 0 radical (unpaired) electrons. The van der Waals surface area contributed by atoms with Crippen molar-refractivity contribution < 1.29 is 9.53 Å². The van der Waals surface area contributed by atoms with E-state index in [-0.39, 0.29) is 11.8 Å². The van der Waals surface area contributed by atoms with Gasteiger partial charge in [-0.25, -0.2) is 0 Å². The van der Waals surface area contributed by atoms with Crippen molar-refractivity contribution in [3.05, 3.63) is 89.2 Å². The van der Waals surface area contributed by atoms with E-state index in [0.29, 0.717) is 47.4 Å². The Hall–Kier alpha value is -2.72. The van der Waals surface area contributed by atoms with Gasteiger partial charge in [-0.1, -0.05) is 94.5 Å². The molecule has 1 amide bonds. The SMILES string of the molecule is C=C1CCC[C@@H](C(C)C2CC2C2=CCCC=C2)CC(=C)C(CC(C)C)CC(=C)C(C)CNC(=O)[C@@H](Cc2ccc(OC)c(Cl)c2)N1. The molecular formula is C41H59ClN2O2. The van der Waals surface area contributed by atoms with Gasteiger partial charge in [-0.2, -0.15) is 0 Å². The van der Waals surface area contributed by atoms with Crippen molar-refractivity contribution in [2.24, 2.45) is 41.4 Å². The fraction of sp³-hybridized carbons (Fsp3) is 0.585. The summed E-state index contributed by atoms with van der Waals surface area (Å²) in [6.07, 6.45) is 17.5. The second-order valence-electron chi connectivity index (χ2n) is 14.9. The molecule has 5 heteroatoms. The first-order valence-corrected chi connectivity index (χ1v) is 18.1. The van der Waals surface area contributed by atoms with Crippen LogP contribution in [0.3, 0.4) is 0 Å². The van der Waals surface area contributed by atoms with Gasteiger partial charge in [-0.3, -0.25) is 4.79 Å². The highest BCUT2D eigenvalue weighted by molar-refractivity contribution is 6.32. The van der Waals surface area contributed by atoms with Crippen LogP contribution in [0.1, 0.15) is 91.0 Å². The van der Waals surface area contributed by atoms with Crippen LogP contribution in [0, 0.1) is 41.4 Å². The Kier molecular flexibility index (Phi) is 13.3. The van der Waals surface area contributed by atoms with Crippen molar-refractivity contribution >= 4 is 17.5 Å². The predicted octanol–water partition coefficient (Wildman–Crippen LogP) is 10.0. The number of nitrogens with one attached hydrogen (secondary N) is 2. The number of rotatable bonds is 8. The van der Waals surface area contributed by atoms with Crippen LogP contribution in [-0.2, 0) is 11.2 Å². The zero-order chi connectivity index (χ0) is 33.4. The quantitative estimate of drug-likeness (QED) is 0.276. The van der Waals surface area contributed by atoms with E-state index in [0.717, 1.165) is 61.6 Å². The van der Waals surface area contributed by atoms with Crippen molar-refractivity contribution in [1.29, 1.82) is 0 Å². The van der Waals surface area contributed by atoms with Crippen LogP contribution in [-0.4, -0.2) is 25.6 Å². The molecule has 0 aromatic heterocycles. The summed E-state index contributed by atoms with van der Waals surface area (Å²) >= 11 is 6.44. The highest BCUT2D eigenvalue weighted by atomic mass is 35.5. The summed E-state index contributed by atoms with van der Waals surface area (Å²) in [6, 6.07) is 5.28. The van der Waals surface area contributed by atoms with Crippen molar-refractivity contribution in [2.75, 3.05) is 13.7 Å². The number of hydrogen-bond donors (Lipinski definition) is 2. The lowest BCUT2D eigenvalue weighted by molar-refractivity contribution is -0.123. The van der Waals surface area contributed by atoms with Crippen molar-refractivity contribution in [3.63, 3.8) is 0 Å². The number of ether oxygens (including phenoxy) is 1. The maximum Gasteiger partial charge on any atom is 0.242 e. The van der Waals surface area contributed by atoms with Gasteiger partial charge in [0.05, 0.1) is 12.1 Å². The van der Waals surface area contributed by atoms with Crippen LogP contribution in [0.2, 0.25) is 5.02 Å². The highest BCUT2D eigenvalue weighted by Crippen LogP contribution is 2.53. The summed E-state index contributed by atoms with van der Waals surface area (Å²) in [5.74, 6) is 4.45. The van der Waals surface area contributed by atoms with Crippen molar-refractivity contribution in [3.8, 4) is 5.75 Å². The topological polar surface area (TPSA) is 50.4 Å². The summed E-state index contributed by atoms with van der Waals surface area (Å²) in [5, 5.41) is 7.27. The molecule has 4 nitrogen and oxygen atoms in total. The molecule has 2 fully saturated rings. The van der Waals surface area contributed by atoms with Crippen LogP contribution in [0.15, 0.2) is 78.6 Å². The first-order valence-electron chi connectivity index (χ1n) is 17.7. The van der Waals surface area contributed by atoms with Crippen molar-refractivity contribution in [2.45, 2.75) is 97.9 Å². The van der Waals surface area contributed by atoms with Gasteiger partial charge in [0.25, 0.3) is 0 Å². The molecule has 0 spiro atoms. The molecule has 2 aliphatic carbocycles. The number of halogens is 1. The number of methoxy groups -OCH3 is 1. The molecular weight excluding hydrogens is 588 g/mol. The second kappa shape index (κ2) is 16.9. The molecule has 1 heterocycles. The lowest BCUT2D eigenvalue weighted by Gasteiger charge is -2.31. The van der Waals surface area contributed by atoms with E-state index >= 15 is 0 Å². The minimum Gasteiger partial charge on any atom is -0.495 e. The number of hydrogen-bond acceptors (Lipinski definition) is 3. The maximum atomic E-state index is 13.6. The third-order valence-corrected chi connectivity index (χ3v) is 11.1. The van der Waals surface area contributed by atoms with Gasteiger partial charge in [0.15, 0.2) is 0 Å². The van der Waals surface area contributed by atoms with Gasteiger partial charge in [0, 0.05) is 18.7 Å². The Bertz CT molecular complexity index is 1310. The van der Waals surface area contributed by atoms with E-state index in [1.165, 1.54) is 30.4 Å². The Labute approximate surface area is 284 Å². The van der Waals surface area contributed by atoms with Gasteiger partial charge in [0.1, 0.15) is 11.8 Å². The fourth-order valence-electron chi connectivity index (χ4n) is 7.67. The average Bonchev–Trinajstić information content (AvgIpc) is 3.83. The molecule has 0 bridgehead atoms. The van der Waals surface area contributed by atoms with E-state index in [4.69, 9.17) is 22.9 Å². The lowest BCUT2D eigenvalue weighted by atomic mass is 9.75. The molecule has 5 unspecified atom stereocenters. The Morgan fingerprint density at radius 3 is 2.54 bits per heavy atom. The normalized spacial score (nSPS) is 29.2. The number of amides is 1. The summed E-state index contributed by atoms with van der Waals surface area (Å²) in [6.45, 7) is 23.5. The number of allylic oxidation sites excluding steroid dienone is 6. The third kappa shape index (κ3) is 10.1. The molecule has 7 atom stereocenters. The van der Waals surface area contributed by atoms with E-state index in [1.807, 2.05) is 18.2 Å². The Morgan fingerprint density at radius 2 is 1.87 bits per heavy atom. The standard InChI is InChI=1S/C41H59ClN2O2/c1-26(2)19-35-20-27(3)29(5)25-43-41(45)39(23-32-17-18-40(46-8)38(42)22-32)44-30(6)13-12-16-34(21-28(35)4)31(7)36-24-37(36)33-14-10-9-11-15-33/h10,14-15,17-18,22,26,29,31,34-37,39,44H,3-4,6,9,11-13,16,19-21,23-25H2,1-2,5,7-8H3,(H,43,45)/t29?,31?,34-,35?,36?,37?,39-/m1/s1. The average molecular weight is 647 g/mol. The van der Waals surface area contributed by atoms with Crippen LogP contribution >= 0.6 is 11.6 Å². The third-order valence-electron chi connectivity index (χ3n) is 10.8. The number of benzene rings is 1. The molecule has 252 valence electrons. The highest BCUT2D eigenvalue weighted by Gasteiger charge is 2.45. The van der Waals surface area contributed by atoms with E-state index in [1.54, 1.807) is 12.7 Å². The molecule has 1 saturated heterocycles. The first kappa shape index (κ1) is 36.1. The van der Waals surface area contributed by atoms with Crippen LogP contribution in [0.4, 0.5) is 0 Å². The minimum absolute atomic E-state index is 0.0275. The van der Waals surface area contributed by atoms with Gasteiger partial charge in [0.2, 0.25) is 5.91 Å². The summed E-state index contributed by atoms with van der Waals surface area (Å²) in [7, 11) is 1.61. The number of carbonyl (C=O) groups excluding carboxylic acids is 1. The molecule has 1 aliphatic heterocycles. The van der Waals surface area contributed by atoms with E-state index in [2.05, 4.69) is 69.7 Å². The maximum absolute atomic E-state index is 13.6. The molecule has 46 heavy (non-hydrogen) atoms. The fourth-order valence-corrected chi connectivity index (χ4v) is 7.95. The van der Waals surface area contributed by atoms with Gasteiger partial charge in [-0.15, -0.1) is 0 Å². The smallest absolute Gasteiger partial charge is 0.242 e. The van der Waals surface area contributed by atoms with Gasteiger partial charge in [-0.05, 0) is 122 Å².